The molecule has 3 N–H and O–H groups in total. The molecule has 0 amide bonds. The monoisotopic (exact) mass is 345 g/mol. The molecular formula is C11H14IN4O+. The van der Waals surface area contributed by atoms with Gasteiger partial charge in [-0.1, -0.05) is 0 Å². The zero-order chi connectivity index (χ0) is 12.0. The number of aliphatic hydroxyl groups excluding tert-OH is 1. The van der Waals surface area contributed by atoms with Gasteiger partial charge in [0.1, 0.15) is 11.9 Å². The third-order valence-corrected chi connectivity index (χ3v) is 4.68. The first-order chi connectivity index (χ1) is 8.15. The highest BCUT2D eigenvalue weighted by Gasteiger charge is 2.46. The third-order valence-electron chi connectivity index (χ3n) is 3.64. The van der Waals surface area contributed by atoms with Gasteiger partial charge in [0.2, 0.25) is 5.70 Å². The molecule has 3 rings (SSSR count). The lowest BCUT2D eigenvalue weighted by atomic mass is 9.73. The molecule has 0 bridgehead atoms. The van der Waals surface area contributed by atoms with Crippen LogP contribution in [0.15, 0.2) is 33.8 Å². The highest BCUT2D eigenvalue weighted by Crippen LogP contribution is 2.44. The normalized spacial score (nSPS) is 39.1. The minimum absolute atomic E-state index is 0.152. The molecule has 0 aromatic heterocycles. The second kappa shape index (κ2) is 3.98. The van der Waals surface area contributed by atoms with Crippen LogP contribution in [0.4, 0.5) is 0 Å². The Labute approximate surface area is 113 Å². The second-order valence-corrected chi connectivity index (χ2v) is 5.69. The van der Waals surface area contributed by atoms with E-state index in [1.807, 2.05) is 6.20 Å². The van der Waals surface area contributed by atoms with E-state index in [9.17, 15) is 0 Å². The van der Waals surface area contributed by atoms with Crippen LogP contribution in [0, 0.1) is 11.8 Å². The van der Waals surface area contributed by atoms with Gasteiger partial charge in [0.05, 0.1) is 35.0 Å². The van der Waals surface area contributed by atoms with Gasteiger partial charge in [0, 0.05) is 12.5 Å². The number of hydrogen-bond acceptors (Lipinski definition) is 4. The third kappa shape index (κ3) is 1.62. The number of allylic oxidation sites excluding steroid dienone is 2. The number of fused-ring (bicyclic) bond motifs is 1. The Balaban J connectivity index is 1.92. The molecule has 0 radical (unpaired) electrons. The molecule has 0 spiro atoms. The van der Waals surface area contributed by atoms with E-state index in [-0.39, 0.29) is 11.2 Å². The predicted octanol–water partition coefficient (Wildman–Crippen LogP) is 1.27. The Morgan fingerprint density at radius 3 is 3.00 bits per heavy atom. The summed E-state index contributed by atoms with van der Waals surface area (Å²) in [6, 6.07) is 0. The first kappa shape index (κ1) is 11.5. The van der Waals surface area contributed by atoms with E-state index in [2.05, 4.69) is 32.6 Å². The highest BCUT2D eigenvalue weighted by atomic mass is 127. The SMILES string of the molecule is N[N+]12C=CN=CC1=C(C1CC(CO)C1)N=C2I. The van der Waals surface area contributed by atoms with Gasteiger partial charge in [0.25, 0.3) is 3.84 Å². The Kier molecular flexibility index (Phi) is 2.69. The van der Waals surface area contributed by atoms with Gasteiger partial charge in [-0.05, 0) is 18.8 Å². The molecule has 1 saturated carbocycles. The lowest BCUT2D eigenvalue weighted by molar-refractivity contribution is -0.745. The van der Waals surface area contributed by atoms with Gasteiger partial charge in [-0.3, -0.25) is 4.99 Å². The van der Waals surface area contributed by atoms with E-state index in [1.165, 1.54) is 0 Å². The lowest BCUT2D eigenvalue weighted by Crippen LogP contribution is -2.50. The summed E-state index contributed by atoms with van der Waals surface area (Å²) in [5, 5.41) is 9.06. The van der Waals surface area contributed by atoms with Gasteiger partial charge in [-0.2, -0.15) is 10.8 Å². The molecule has 5 nitrogen and oxygen atoms in total. The number of nitrogens with two attached hydrogens (primary N) is 1. The minimum atomic E-state index is 0.152. The maximum absolute atomic E-state index is 9.06. The molecular weight excluding hydrogens is 331 g/mol. The van der Waals surface area contributed by atoms with Crippen molar-refractivity contribution in [1.82, 2.24) is 0 Å². The van der Waals surface area contributed by atoms with Crippen molar-refractivity contribution < 1.29 is 9.70 Å². The van der Waals surface area contributed by atoms with Crippen molar-refractivity contribution in [2.75, 3.05) is 6.61 Å². The molecule has 1 fully saturated rings. The molecule has 90 valence electrons. The fourth-order valence-electron chi connectivity index (χ4n) is 2.50. The minimum Gasteiger partial charge on any atom is -0.396 e. The average Bonchev–Trinajstić information content (AvgIpc) is 2.51. The van der Waals surface area contributed by atoms with Gasteiger partial charge in [-0.15, -0.1) is 4.59 Å². The molecule has 0 saturated heterocycles. The molecule has 2 heterocycles. The van der Waals surface area contributed by atoms with E-state index in [1.54, 1.807) is 12.4 Å². The number of amidine groups is 1. The summed E-state index contributed by atoms with van der Waals surface area (Å²) in [4.78, 5) is 8.75. The van der Waals surface area contributed by atoms with E-state index in [0.29, 0.717) is 11.8 Å². The average molecular weight is 345 g/mol. The molecule has 1 aliphatic carbocycles. The van der Waals surface area contributed by atoms with Crippen molar-refractivity contribution in [3.8, 4) is 0 Å². The van der Waals surface area contributed by atoms with Gasteiger partial charge < -0.3 is 5.11 Å². The summed E-state index contributed by atoms with van der Waals surface area (Å²) in [6.45, 7) is 0.274. The van der Waals surface area contributed by atoms with Crippen LogP contribution in [-0.2, 0) is 0 Å². The fourth-order valence-corrected chi connectivity index (χ4v) is 3.18. The van der Waals surface area contributed by atoms with Crippen LogP contribution in [0.5, 0.6) is 0 Å². The number of aliphatic imine (C=N–C) groups is 2. The number of nitrogens with zero attached hydrogens (tertiary/aromatic N) is 3. The summed E-state index contributed by atoms with van der Waals surface area (Å²) >= 11 is 2.18. The first-order valence-electron chi connectivity index (χ1n) is 5.63. The van der Waals surface area contributed by atoms with Crippen molar-refractivity contribution in [3.63, 3.8) is 0 Å². The zero-order valence-corrected chi connectivity index (χ0v) is 11.4. The Morgan fingerprint density at radius 1 is 1.53 bits per heavy atom. The number of quaternary nitrogens is 1. The molecule has 0 aromatic rings. The maximum atomic E-state index is 9.06. The summed E-state index contributed by atoms with van der Waals surface area (Å²) in [5.74, 6) is 7.15. The molecule has 0 aromatic carbocycles. The largest absolute Gasteiger partial charge is 0.396 e. The molecule has 6 heteroatoms. The summed E-state index contributed by atoms with van der Waals surface area (Å²) in [5.41, 5.74) is 2.02. The first-order valence-corrected chi connectivity index (χ1v) is 6.71. The smallest absolute Gasteiger partial charge is 0.293 e. The van der Waals surface area contributed by atoms with E-state index < -0.39 is 0 Å². The number of aliphatic hydroxyl groups is 1. The van der Waals surface area contributed by atoms with Crippen molar-refractivity contribution in [3.05, 3.63) is 23.8 Å². The van der Waals surface area contributed by atoms with Gasteiger partial charge in [0.15, 0.2) is 0 Å². The van der Waals surface area contributed by atoms with E-state index in [0.717, 1.165) is 28.1 Å². The van der Waals surface area contributed by atoms with Crippen LogP contribution >= 0.6 is 22.6 Å². The van der Waals surface area contributed by atoms with Crippen LogP contribution in [0.3, 0.4) is 0 Å². The molecule has 17 heavy (non-hydrogen) atoms. The predicted molar refractivity (Wildman–Crippen MR) is 73.9 cm³/mol. The second-order valence-electron chi connectivity index (χ2n) is 4.72. The van der Waals surface area contributed by atoms with Crippen LogP contribution in [-0.4, -0.2) is 26.4 Å². The molecule has 3 aliphatic rings. The van der Waals surface area contributed by atoms with Crippen LogP contribution in [0.2, 0.25) is 0 Å². The molecule has 1 atom stereocenters. The van der Waals surface area contributed by atoms with Crippen LogP contribution in [0.1, 0.15) is 12.8 Å². The van der Waals surface area contributed by atoms with Crippen molar-refractivity contribution in [2.24, 2.45) is 27.7 Å². The zero-order valence-electron chi connectivity index (χ0n) is 9.25. The van der Waals surface area contributed by atoms with E-state index >= 15 is 0 Å². The topological polar surface area (TPSA) is 71.0 Å². The number of halogens is 1. The Morgan fingerprint density at radius 2 is 2.29 bits per heavy atom. The quantitative estimate of drug-likeness (QED) is 0.342. The van der Waals surface area contributed by atoms with Crippen molar-refractivity contribution in [2.45, 2.75) is 12.8 Å². The summed E-state index contributed by atoms with van der Waals surface area (Å²) in [6.07, 6.45) is 7.35. The van der Waals surface area contributed by atoms with Crippen molar-refractivity contribution in [1.29, 1.82) is 0 Å². The van der Waals surface area contributed by atoms with Crippen LogP contribution < -0.4 is 5.84 Å². The number of hydrogen-bond donors (Lipinski definition) is 2. The standard InChI is InChI=1S/C11H14IN4O/c12-11-15-10(8-3-7(4-8)6-17)9-5-14-1-2-16(9,11)13/h1-2,5,7-8,17H,3-4,6,13H2/q+1. The Bertz CT molecular complexity index is 476. The lowest BCUT2D eigenvalue weighted by Gasteiger charge is -2.33. The molecule has 2 aliphatic heterocycles. The summed E-state index contributed by atoms with van der Waals surface area (Å²) in [7, 11) is 0. The van der Waals surface area contributed by atoms with E-state index in [4.69, 9.17) is 10.9 Å². The van der Waals surface area contributed by atoms with Crippen LogP contribution in [0.25, 0.3) is 0 Å². The van der Waals surface area contributed by atoms with Gasteiger partial charge in [-0.25, -0.2) is 0 Å². The van der Waals surface area contributed by atoms with Crippen molar-refractivity contribution >= 4 is 32.6 Å². The number of rotatable bonds is 2. The summed E-state index contributed by atoms with van der Waals surface area (Å²) < 4.78 is 1.00. The maximum Gasteiger partial charge on any atom is 0.293 e. The van der Waals surface area contributed by atoms with Gasteiger partial charge >= 0.3 is 0 Å². The molecule has 1 unspecified atom stereocenters. The fraction of sp³-hybridized carbons (Fsp3) is 0.455. The Hall–Kier alpha value is -0.570. The highest BCUT2D eigenvalue weighted by molar-refractivity contribution is 14.1.